The number of carbonyl (C=O) groups is 2. The first kappa shape index (κ1) is 12.9. The van der Waals surface area contributed by atoms with E-state index < -0.39 is 12.0 Å². The Morgan fingerprint density at radius 3 is 2.50 bits per heavy atom. The lowest BCUT2D eigenvalue weighted by Gasteiger charge is -2.01. The molecule has 2 amide bonds. The zero-order valence-corrected chi connectivity index (χ0v) is 9.50. The molecule has 0 saturated carbocycles. The molecule has 0 radical (unpaired) electrons. The topological polar surface area (TPSA) is 78.6 Å². The van der Waals surface area contributed by atoms with Crippen molar-refractivity contribution in [3.05, 3.63) is 0 Å². The lowest BCUT2D eigenvalue weighted by atomic mass is 10.4. The van der Waals surface area contributed by atoms with E-state index in [4.69, 9.17) is 0 Å². The molecule has 0 atom stereocenters. The van der Waals surface area contributed by atoms with Crippen LogP contribution in [-0.4, -0.2) is 46.6 Å². The van der Waals surface area contributed by atoms with Gasteiger partial charge in [0.15, 0.2) is 0 Å². The van der Waals surface area contributed by atoms with E-state index in [1.807, 2.05) is 0 Å². The summed E-state index contributed by atoms with van der Waals surface area (Å²) in [5, 5.41) is 11.4. The highest BCUT2D eigenvalue weighted by molar-refractivity contribution is 9.09. The Morgan fingerprint density at radius 1 is 1.57 bits per heavy atom. The number of urea groups is 1. The van der Waals surface area contributed by atoms with Gasteiger partial charge in [-0.2, -0.15) is 4.79 Å². The minimum atomic E-state index is -0.799. The highest BCUT2D eigenvalue weighted by Gasteiger charge is 2.25. The summed E-state index contributed by atoms with van der Waals surface area (Å²) in [4.78, 5) is 22.1. The van der Waals surface area contributed by atoms with Crippen LogP contribution in [0.15, 0.2) is 0 Å². The number of nitrogens with zero attached hydrogens (tertiary/aromatic N) is 1. The monoisotopic (exact) mass is 267 g/mol. The molecular weight excluding hydrogens is 256 g/mol. The molecule has 0 aliphatic heterocycles. The van der Waals surface area contributed by atoms with Gasteiger partial charge >= 0.3 is 12.0 Å². The number of halogens is 1. The SMILES string of the molecule is CCOC(=O)C(CBr)=[N+](O)C(=O)NC. The van der Waals surface area contributed by atoms with Gasteiger partial charge in [0.05, 0.1) is 19.0 Å². The molecule has 80 valence electrons. The normalized spacial score (nSPS) is 11.6. The molecule has 0 bridgehead atoms. The van der Waals surface area contributed by atoms with Crippen LogP contribution in [0, 0.1) is 0 Å². The van der Waals surface area contributed by atoms with Gasteiger partial charge in [0, 0.05) is 0 Å². The average Bonchev–Trinajstić information content (AvgIpc) is 2.18. The van der Waals surface area contributed by atoms with Gasteiger partial charge in [0.2, 0.25) is 5.71 Å². The fraction of sp³-hybridized carbons (Fsp3) is 0.571. The second-order valence-corrected chi connectivity index (χ2v) is 2.73. The van der Waals surface area contributed by atoms with Crippen molar-refractivity contribution in [2.24, 2.45) is 0 Å². The van der Waals surface area contributed by atoms with E-state index in [9.17, 15) is 14.8 Å². The lowest BCUT2D eigenvalue weighted by molar-refractivity contribution is -0.698. The zero-order valence-electron chi connectivity index (χ0n) is 7.91. The first-order valence-electron chi connectivity index (χ1n) is 3.88. The summed E-state index contributed by atoms with van der Waals surface area (Å²) >= 11 is 2.97. The molecule has 0 rings (SSSR count). The third kappa shape index (κ3) is 3.33. The Bertz CT molecular complexity index is 264. The van der Waals surface area contributed by atoms with Gasteiger partial charge in [0.25, 0.3) is 0 Å². The highest BCUT2D eigenvalue weighted by Crippen LogP contribution is 1.91. The van der Waals surface area contributed by atoms with Crippen LogP contribution < -0.4 is 5.32 Å². The standard InChI is InChI=1S/C7H11BrN2O4/c1-3-14-6(11)5(4-8)10(13)7(12)9-2/h3-4H2,1-2H3,(H-,9,11,12,13)/p+1. The minimum absolute atomic E-state index is 0.0236. The van der Waals surface area contributed by atoms with Gasteiger partial charge in [-0.1, -0.05) is 15.9 Å². The van der Waals surface area contributed by atoms with Crippen molar-refractivity contribution >= 4 is 33.6 Å². The third-order valence-corrected chi connectivity index (χ3v) is 1.83. The molecule has 2 N–H and O–H groups in total. The molecule has 0 spiro atoms. The molecule has 0 aliphatic rings. The number of hydrogen-bond donors (Lipinski definition) is 2. The largest absolute Gasteiger partial charge is 0.530 e. The van der Waals surface area contributed by atoms with Gasteiger partial charge in [-0.15, -0.1) is 0 Å². The second-order valence-electron chi connectivity index (χ2n) is 2.17. The Labute approximate surface area is 89.6 Å². The fourth-order valence-electron chi connectivity index (χ4n) is 0.641. The number of rotatable bonds is 3. The number of alkyl halides is 1. The van der Waals surface area contributed by atoms with Crippen LogP contribution in [0.25, 0.3) is 0 Å². The summed E-state index contributed by atoms with van der Waals surface area (Å²) in [6.45, 7) is 1.81. The van der Waals surface area contributed by atoms with Crippen molar-refractivity contribution in [3.8, 4) is 0 Å². The smallest absolute Gasteiger partial charge is 0.460 e. The predicted molar refractivity (Wildman–Crippen MR) is 51.9 cm³/mol. The van der Waals surface area contributed by atoms with Gasteiger partial charge in [-0.3, -0.25) is 0 Å². The maximum atomic E-state index is 11.2. The van der Waals surface area contributed by atoms with Crippen molar-refractivity contribution in [3.63, 3.8) is 0 Å². The first-order chi connectivity index (χ1) is 6.58. The zero-order chi connectivity index (χ0) is 11.1. The van der Waals surface area contributed by atoms with Gasteiger partial charge in [0.1, 0.15) is 0 Å². The molecule has 14 heavy (non-hydrogen) atoms. The summed E-state index contributed by atoms with van der Waals surface area (Å²) < 4.78 is 4.84. The summed E-state index contributed by atoms with van der Waals surface area (Å²) in [6.07, 6.45) is 0. The number of esters is 1. The lowest BCUT2D eigenvalue weighted by Crippen LogP contribution is -2.37. The van der Waals surface area contributed by atoms with Gasteiger partial charge in [-0.25, -0.2) is 10.1 Å². The van der Waals surface area contributed by atoms with Crippen LogP contribution in [0.1, 0.15) is 6.92 Å². The van der Waals surface area contributed by atoms with Crippen molar-refractivity contribution in [2.45, 2.75) is 6.92 Å². The molecular formula is C7H12BrN2O4+. The van der Waals surface area contributed by atoms with Crippen LogP contribution in [0.2, 0.25) is 0 Å². The first-order valence-corrected chi connectivity index (χ1v) is 5.00. The van der Waals surface area contributed by atoms with E-state index in [0.29, 0.717) is 0 Å². The molecule has 0 aromatic carbocycles. The van der Waals surface area contributed by atoms with Gasteiger partial charge in [-0.05, 0) is 11.7 Å². The number of carbonyl (C=O) groups excluding carboxylic acids is 2. The molecule has 0 aromatic rings. The molecule has 0 fully saturated rings. The van der Waals surface area contributed by atoms with E-state index in [2.05, 4.69) is 26.0 Å². The van der Waals surface area contributed by atoms with E-state index in [-0.39, 0.29) is 22.4 Å². The fourth-order valence-corrected chi connectivity index (χ4v) is 1.11. The van der Waals surface area contributed by atoms with E-state index >= 15 is 0 Å². The van der Waals surface area contributed by atoms with Crippen molar-refractivity contribution in [2.75, 3.05) is 19.0 Å². The van der Waals surface area contributed by atoms with Crippen molar-refractivity contribution in [1.29, 1.82) is 0 Å². The highest BCUT2D eigenvalue weighted by atomic mass is 79.9. The molecule has 7 heteroatoms. The van der Waals surface area contributed by atoms with Crippen molar-refractivity contribution in [1.82, 2.24) is 5.32 Å². The number of ether oxygens (including phenoxy) is 1. The average molecular weight is 268 g/mol. The second kappa shape index (κ2) is 6.36. The predicted octanol–water partition coefficient (Wildman–Crippen LogP) is 0.126. The molecule has 0 heterocycles. The van der Waals surface area contributed by atoms with Crippen molar-refractivity contribution < 1.29 is 24.3 Å². The van der Waals surface area contributed by atoms with Crippen LogP contribution in [0.5, 0.6) is 0 Å². The number of nitrogens with one attached hydrogen (secondary N) is 1. The summed E-state index contributed by atoms with van der Waals surface area (Å²) in [7, 11) is 1.34. The number of amides is 2. The molecule has 0 aliphatic carbocycles. The molecule has 0 unspecified atom stereocenters. The third-order valence-electron chi connectivity index (χ3n) is 1.30. The molecule has 0 aromatic heterocycles. The molecule has 0 saturated heterocycles. The molecule has 6 nitrogen and oxygen atoms in total. The summed E-state index contributed by atoms with van der Waals surface area (Å²) in [5.74, 6) is -0.740. The number of hydrogen-bond acceptors (Lipinski definition) is 4. The quantitative estimate of drug-likeness (QED) is 0.145. The maximum absolute atomic E-state index is 11.2. The summed E-state index contributed by atoms with van der Waals surface area (Å²) in [6, 6.07) is -0.799. The van der Waals surface area contributed by atoms with Crippen LogP contribution in [-0.2, 0) is 9.53 Å². The van der Waals surface area contributed by atoms with E-state index in [0.717, 1.165) is 0 Å². The van der Waals surface area contributed by atoms with Crippen LogP contribution in [0.3, 0.4) is 0 Å². The van der Waals surface area contributed by atoms with Gasteiger partial charge < -0.3 is 9.94 Å². The van der Waals surface area contributed by atoms with E-state index in [1.165, 1.54) is 7.05 Å². The summed E-state index contributed by atoms with van der Waals surface area (Å²) in [5.41, 5.74) is -0.175. The minimum Gasteiger partial charge on any atom is -0.460 e. The maximum Gasteiger partial charge on any atom is 0.530 e. The Kier molecular flexibility index (Phi) is 5.86. The van der Waals surface area contributed by atoms with Crippen LogP contribution in [0.4, 0.5) is 4.79 Å². The Balaban J connectivity index is 4.83. The number of hydroxylamine groups is 1. The Morgan fingerprint density at radius 2 is 2.14 bits per heavy atom. The van der Waals surface area contributed by atoms with E-state index in [1.54, 1.807) is 6.92 Å². The Hall–Kier alpha value is -1.11. The van der Waals surface area contributed by atoms with Crippen LogP contribution >= 0.6 is 15.9 Å².